The molecule has 6 nitrogen and oxygen atoms in total. The lowest BCUT2D eigenvalue weighted by atomic mass is 10.1. The molecule has 0 unspecified atom stereocenters. The molecule has 0 atom stereocenters. The minimum Gasteiger partial charge on any atom is -0.493 e. The van der Waals surface area contributed by atoms with Crippen LogP contribution >= 0.6 is 11.8 Å². The number of amides is 2. The minimum absolute atomic E-state index is 0.257. The Bertz CT molecular complexity index is 923. The molecule has 0 spiro atoms. The maximum atomic E-state index is 12.6. The Labute approximate surface area is 160 Å². The second-order valence-corrected chi connectivity index (χ2v) is 6.66. The Kier molecular flexibility index (Phi) is 5.61. The molecule has 7 heteroatoms. The molecule has 0 radical (unpaired) electrons. The molecular weight excluding hydrogens is 366 g/mol. The molecule has 1 heterocycles. The summed E-state index contributed by atoms with van der Waals surface area (Å²) in [6.45, 7) is -0.280. The number of methoxy groups -OCH3 is 2. The fourth-order valence-electron chi connectivity index (χ4n) is 2.59. The first-order valence-electron chi connectivity index (χ1n) is 8.09. The number of thioether (sulfide) groups is 1. The van der Waals surface area contributed by atoms with Gasteiger partial charge in [-0.3, -0.25) is 19.3 Å². The van der Waals surface area contributed by atoms with E-state index in [4.69, 9.17) is 9.47 Å². The van der Waals surface area contributed by atoms with Crippen LogP contribution in [-0.2, 0) is 4.79 Å². The highest BCUT2D eigenvalue weighted by atomic mass is 32.2. The van der Waals surface area contributed by atoms with Crippen molar-refractivity contribution in [2.24, 2.45) is 0 Å². The third-order valence-electron chi connectivity index (χ3n) is 3.98. The van der Waals surface area contributed by atoms with Crippen LogP contribution in [0.25, 0.3) is 6.08 Å². The van der Waals surface area contributed by atoms with Gasteiger partial charge in [0.2, 0.25) is 0 Å². The maximum absolute atomic E-state index is 12.6. The average molecular weight is 383 g/mol. The summed E-state index contributed by atoms with van der Waals surface area (Å²) in [6.07, 6.45) is 1.60. The smallest absolute Gasteiger partial charge is 0.293 e. The molecule has 1 fully saturated rings. The number of nitrogens with zero attached hydrogens (tertiary/aromatic N) is 1. The molecule has 2 amide bonds. The van der Waals surface area contributed by atoms with Crippen molar-refractivity contribution in [1.82, 2.24) is 4.90 Å². The predicted octanol–water partition coefficient (Wildman–Crippen LogP) is 3.62. The summed E-state index contributed by atoms with van der Waals surface area (Å²) in [4.78, 5) is 38.3. The Morgan fingerprint density at radius 3 is 2.41 bits per heavy atom. The summed E-state index contributed by atoms with van der Waals surface area (Å²) >= 11 is 0.811. The van der Waals surface area contributed by atoms with Crippen LogP contribution in [0.5, 0.6) is 11.5 Å². The molecule has 1 saturated heterocycles. The predicted molar refractivity (Wildman–Crippen MR) is 103 cm³/mol. The van der Waals surface area contributed by atoms with Gasteiger partial charge >= 0.3 is 0 Å². The van der Waals surface area contributed by atoms with Gasteiger partial charge in [-0.05, 0) is 35.5 Å². The van der Waals surface area contributed by atoms with E-state index >= 15 is 0 Å². The van der Waals surface area contributed by atoms with Crippen molar-refractivity contribution >= 4 is 34.8 Å². The zero-order valence-electron chi connectivity index (χ0n) is 14.8. The molecule has 2 aromatic carbocycles. The second-order valence-electron chi connectivity index (χ2n) is 5.67. The van der Waals surface area contributed by atoms with Crippen molar-refractivity contribution in [3.63, 3.8) is 0 Å². The van der Waals surface area contributed by atoms with E-state index in [-0.39, 0.29) is 17.2 Å². The van der Waals surface area contributed by atoms with E-state index in [9.17, 15) is 14.4 Å². The van der Waals surface area contributed by atoms with Gasteiger partial charge in [0.1, 0.15) is 0 Å². The summed E-state index contributed by atoms with van der Waals surface area (Å²) in [5.74, 6) is 0.315. The third-order valence-corrected chi connectivity index (χ3v) is 4.88. The van der Waals surface area contributed by atoms with Crippen molar-refractivity contribution in [1.29, 1.82) is 0 Å². The van der Waals surface area contributed by atoms with E-state index in [1.54, 1.807) is 54.6 Å². The first-order valence-corrected chi connectivity index (χ1v) is 8.90. The van der Waals surface area contributed by atoms with Crippen molar-refractivity contribution in [3.05, 3.63) is 64.6 Å². The number of benzene rings is 2. The molecule has 27 heavy (non-hydrogen) atoms. The van der Waals surface area contributed by atoms with Crippen molar-refractivity contribution < 1.29 is 23.9 Å². The summed E-state index contributed by atoms with van der Waals surface area (Å²) in [6, 6.07) is 13.8. The van der Waals surface area contributed by atoms with Crippen LogP contribution in [-0.4, -0.2) is 42.6 Å². The number of carbonyl (C=O) groups excluding carboxylic acids is 3. The summed E-state index contributed by atoms with van der Waals surface area (Å²) < 4.78 is 10.4. The first-order chi connectivity index (χ1) is 13.0. The fourth-order valence-corrected chi connectivity index (χ4v) is 3.43. The van der Waals surface area contributed by atoms with Gasteiger partial charge in [0.05, 0.1) is 25.7 Å². The van der Waals surface area contributed by atoms with Crippen LogP contribution in [0.15, 0.2) is 53.4 Å². The average Bonchev–Trinajstić information content (AvgIpc) is 2.95. The number of hydrogen-bond donors (Lipinski definition) is 0. The van der Waals surface area contributed by atoms with Gasteiger partial charge < -0.3 is 9.47 Å². The van der Waals surface area contributed by atoms with E-state index in [1.165, 1.54) is 14.2 Å². The van der Waals surface area contributed by atoms with Gasteiger partial charge in [-0.25, -0.2) is 0 Å². The van der Waals surface area contributed by atoms with E-state index in [1.807, 2.05) is 0 Å². The lowest BCUT2D eigenvalue weighted by molar-refractivity contribution is -0.122. The highest BCUT2D eigenvalue weighted by Crippen LogP contribution is 2.34. The lowest BCUT2D eigenvalue weighted by Gasteiger charge is -2.11. The molecule has 0 N–H and O–H groups in total. The van der Waals surface area contributed by atoms with Crippen molar-refractivity contribution in [2.75, 3.05) is 20.8 Å². The summed E-state index contributed by atoms with van der Waals surface area (Å²) in [5, 5.41) is -0.462. The number of imide groups is 1. The van der Waals surface area contributed by atoms with Gasteiger partial charge in [-0.15, -0.1) is 0 Å². The Morgan fingerprint density at radius 1 is 1.04 bits per heavy atom. The SMILES string of the molecule is COc1ccc(C=C2SC(=O)N(CC(=O)c3ccccc3)C2=O)cc1OC. The molecule has 1 aliphatic rings. The van der Waals surface area contributed by atoms with Crippen LogP contribution in [0, 0.1) is 0 Å². The zero-order valence-corrected chi connectivity index (χ0v) is 15.6. The van der Waals surface area contributed by atoms with E-state index in [0.29, 0.717) is 22.6 Å². The van der Waals surface area contributed by atoms with Crippen LogP contribution < -0.4 is 9.47 Å². The van der Waals surface area contributed by atoms with Gasteiger partial charge in [0.15, 0.2) is 17.3 Å². The van der Waals surface area contributed by atoms with E-state index in [0.717, 1.165) is 16.7 Å². The second kappa shape index (κ2) is 8.09. The molecule has 2 aromatic rings. The van der Waals surface area contributed by atoms with Gasteiger partial charge in [-0.1, -0.05) is 36.4 Å². The highest BCUT2D eigenvalue weighted by Gasteiger charge is 2.36. The Balaban J connectivity index is 1.79. The monoisotopic (exact) mass is 383 g/mol. The molecule has 3 rings (SSSR count). The van der Waals surface area contributed by atoms with Gasteiger partial charge in [0, 0.05) is 5.56 Å². The topological polar surface area (TPSA) is 72.9 Å². The van der Waals surface area contributed by atoms with Crippen LogP contribution in [0.1, 0.15) is 15.9 Å². The minimum atomic E-state index is -0.482. The third kappa shape index (κ3) is 4.03. The highest BCUT2D eigenvalue weighted by molar-refractivity contribution is 8.18. The van der Waals surface area contributed by atoms with Crippen molar-refractivity contribution in [2.45, 2.75) is 0 Å². The molecular formula is C20H17NO5S. The number of ether oxygens (including phenoxy) is 2. The maximum Gasteiger partial charge on any atom is 0.293 e. The summed E-state index contributed by atoms with van der Waals surface area (Å²) in [5.41, 5.74) is 1.15. The molecule has 0 aliphatic carbocycles. The van der Waals surface area contributed by atoms with Gasteiger partial charge in [-0.2, -0.15) is 0 Å². The van der Waals surface area contributed by atoms with Crippen LogP contribution in [0.4, 0.5) is 4.79 Å². The lowest BCUT2D eigenvalue weighted by Crippen LogP contribution is -2.33. The number of ketones is 1. The molecule has 0 bridgehead atoms. The quantitative estimate of drug-likeness (QED) is 0.560. The van der Waals surface area contributed by atoms with Crippen LogP contribution in [0.2, 0.25) is 0 Å². The van der Waals surface area contributed by atoms with Crippen LogP contribution in [0.3, 0.4) is 0 Å². The fraction of sp³-hybridized carbons (Fsp3) is 0.150. The summed E-state index contributed by atoms with van der Waals surface area (Å²) in [7, 11) is 3.05. The van der Waals surface area contributed by atoms with E-state index in [2.05, 4.69) is 0 Å². The molecule has 1 aliphatic heterocycles. The van der Waals surface area contributed by atoms with Gasteiger partial charge in [0.25, 0.3) is 11.1 Å². The Morgan fingerprint density at radius 2 is 1.74 bits per heavy atom. The standard InChI is InChI=1S/C20H17NO5S/c1-25-16-9-8-13(10-17(16)26-2)11-18-19(23)21(20(24)27-18)12-15(22)14-6-4-3-5-7-14/h3-11H,12H2,1-2H3. The van der Waals surface area contributed by atoms with Crippen molar-refractivity contribution in [3.8, 4) is 11.5 Å². The van der Waals surface area contributed by atoms with E-state index < -0.39 is 11.1 Å². The number of hydrogen-bond acceptors (Lipinski definition) is 6. The Hall–Kier alpha value is -3.06. The molecule has 138 valence electrons. The normalized spacial score (nSPS) is 15.3. The number of rotatable bonds is 6. The first kappa shape index (κ1) is 18.7. The molecule has 0 saturated carbocycles. The number of carbonyl (C=O) groups is 3. The molecule has 0 aromatic heterocycles. The zero-order chi connectivity index (χ0) is 19.4. The largest absolute Gasteiger partial charge is 0.493 e. The number of Topliss-reactive ketones (excluding diaryl/α,β-unsaturated/α-hetero) is 1.